The predicted octanol–water partition coefficient (Wildman–Crippen LogP) is 5.77. The molecular weight excluding hydrogens is 432 g/mol. The number of pyridine rings is 1. The fraction of sp³-hybridized carbons (Fsp3) is 0.136. The van der Waals surface area contributed by atoms with E-state index in [9.17, 15) is 5.11 Å². The van der Waals surface area contributed by atoms with E-state index >= 15 is 0 Å². The molecule has 0 spiro atoms. The number of aryl methyl sites for hydroxylation is 1. The van der Waals surface area contributed by atoms with E-state index in [1.54, 1.807) is 30.5 Å². The molecule has 0 fully saturated rings. The van der Waals surface area contributed by atoms with Crippen molar-refractivity contribution in [1.29, 1.82) is 0 Å². The number of phenols is 1. The summed E-state index contributed by atoms with van der Waals surface area (Å²) in [4.78, 5) is 13.4. The van der Waals surface area contributed by atoms with E-state index in [1.165, 1.54) is 6.07 Å². The number of phenolic OH excluding ortho intramolecular Hbond substituents is 1. The zero-order valence-corrected chi connectivity index (χ0v) is 17.5. The molecular formula is C22H19BrN4O2. The molecule has 2 heterocycles. The van der Waals surface area contributed by atoms with Gasteiger partial charge in [-0.3, -0.25) is 0 Å². The molecule has 0 bridgehead atoms. The average molecular weight is 451 g/mol. The van der Waals surface area contributed by atoms with Crippen LogP contribution in [0.2, 0.25) is 0 Å². The maximum Gasteiger partial charge on any atom is 0.220 e. The lowest BCUT2D eigenvalue weighted by molar-refractivity contribution is 0.446. The van der Waals surface area contributed by atoms with E-state index < -0.39 is 0 Å². The molecule has 2 N–H and O–H groups in total. The van der Waals surface area contributed by atoms with Gasteiger partial charge in [0.2, 0.25) is 5.88 Å². The summed E-state index contributed by atoms with van der Waals surface area (Å²) in [5, 5.41) is 13.9. The molecule has 4 rings (SSSR count). The molecule has 4 aromatic rings. The standard InChI is InChI=1S/C22H19BrN4O2/c1-13(15-5-3-6-16(23)9-15)25-22-19-11-21(24-12-20(19)26-14(2)27-22)29-18-8-4-7-17(28)10-18/h3-13,28H,1-2H3,(H,25,26,27)/t13-/m1/s1. The molecule has 29 heavy (non-hydrogen) atoms. The number of nitrogens with zero attached hydrogens (tertiary/aromatic N) is 3. The Morgan fingerprint density at radius 3 is 2.69 bits per heavy atom. The first-order chi connectivity index (χ1) is 14.0. The highest BCUT2D eigenvalue weighted by atomic mass is 79.9. The number of aromatic nitrogens is 3. The number of rotatable bonds is 5. The molecule has 2 aromatic carbocycles. The molecule has 0 saturated carbocycles. The Bertz CT molecular complexity index is 1180. The van der Waals surface area contributed by atoms with Crippen LogP contribution >= 0.6 is 15.9 Å². The third-order valence-electron chi connectivity index (χ3n) is 4.41. The molecule has 7 heteroatoms. The maximum atomic E-state index is 9.63. The molecule has 0 aliphatic carbocycles. The van der Waals surface area contributed by atoms with Crippen molar-refractivity contribution >= 4 is 32.7 Å². The lowest BCUT2D eigenvalue weighted by Crippen LogP contribution is -2.09. The number of hydrogen-bond donors (Lipinski definition) is 2. The van der Waals surface area contributed by atoms with Crippen molar-refractivity contribution in [2.45, 2.75) is 19.9 Å². The Kier molecular flexibility index (Phi) is 5.31. The Morgan fingerprint density at radius 2 is 1.90 bits per heavy atom. The second-order valence-corrected chi connectivity index (χ2v) is 7.60. The van der Waals surface area contributed by atoms with Crippen molar-refractivity contribution in [3.8, 4) is 17.4 Å². The largest absolute Gasteiger partial charge is 0.508 e. The molecule has 6 nitrogen and oxygen atoms in total. The summed E-state index contributed by atoms with van der Waals surface area (Å²) in [6.45, 7) is 3.93. The van der Waals surface area contributed by atoms with E-state index in [4.69, 9.17) is 4.74 Å². The summed E-state index contributed by atoms with van der Waals surface area (Å²) >= 11 is 3.52. The van der Waals surface area contributed by atoms with Crippen LogP contribution in [0.3, 0.4) is 0 Å². The van der Waals surface area contributed by atoms with Gasteiger partial charge in [0.05, 0.1) is 17.8 Å². The minimum atomic E-state index is 0.0357. The second kappa shape index (κ2) is 8.05. The molecule has 0 radical (unpaired) electrons. The van der Waals surface area contributed by atoms with Gasteiger partial charge < -0.3 is 15.2 Å². The van der Waals surface area contributed by atoms with Crippen LogP contribution in [0.5, 0.6) is 17.4 Å². The lowest BCUT2D eigenvalue weighted by atomic mass is 10.1. The average Bonchev–Trinajstić information content (AvgIpc) is 2.68. The Balaban J connectivity index is 1.69. The van der Waals surface area contributed by atoms with Crippen LogP contribution in [0.15, 0.2) is 65.3 Å². The van der Waals surface area contributed by atoms with Gasteiger partial charge in [-0.05, 0) is 43.7 Å². The topological polar surface area (TPSA) is 80.2 Å². The number of halogens is 1. The first-order valence-corrected chi connectivity index (χ1v) is 9.90. The van der Waals surface area contributed by atoms with Crippen molar-refractivity contribution in [3.63, 3.8) is 0 Å². The zero-order chi connectivity index (χ0) is 20.4. The number of ether oxygens (including phenoxy) is 1. The smallest absolute Gasteiger partial charge is 0.220 e. The normalized spacial score (nSPS) is 12.0. The molecule has 146 valence electrons. The summed E-state index contributed by atoms with van der Waals surface area (Å²) in [5.41, 5.74) is 1.86. The van der Waals surface area contributed by atoms with Gasteiger partial charge in [0.25, 0.3) is 0 Å². The van der Waals surface area contributed by atoms with Gasteiger partial charge in [0.15, 0.2) is 0 Å². The summed E-state index contributed by atoms with van der Waals surface area (Å²) < 4.78 is 6.82. The van der Waals surface area contributed by atoms with E-state index in [0.717, 1.165) is 20.9 Å². The van der Waals surface area contributed by atoms with E-state index in [2.05, 4.69) is 55.3 Å². The number of aromatic hydroxyl groups is 1. The minimum Gasteiger partial charge on any atom is -0.508 e. The van der Waals surface area contributed by atoms with Gasteiger partial charge in [-0.25, -0.2) is 15.0 Å². The number of fused-ring (bicyclic) bond motifs is 1. The van der Waals surface area contributed by atoms with Crippen molar-refractivity contribution in [2.24, 2.45) is 0 Å². The van der Waals surface area contributed by atoms with Crippen LogP contribution in [-0.2, 0) is 0 Å². The molecule has 0 saturated heterocycles. The van der Waals surface area contributed by atoms with E-state index in [0.29, 0.717) is 23.3 Å². The third kappa shape index (κ3) is 4.46. The third-order valence-corrected chi connectivity index (χ3v) is 4.90. The number of hydrogen-bond acceptors (Lipinski definition) is 6. The summed E-state index contributed by atoms with van der Waals surface area (Å²) in [7, 11) is 0. The van der Waals surface area contributed by atoms with Gasteiger partial charge in [0, 0.05) is 22.0 Å². The van der Waals surface area contributed by atoms with Crippen molar-refractivity contribution in [1.82, 2.24) is 15.0 Å². The fourth-order valence-corrected chi connectivity index (χ4v) is 3.44. The van der Waals surface area contributed by atoms with E-state index in [-0.39, 0.29) is 11.8 Å². The first-order valence-electron chi connectivity index (χ1n) is 9.11. The SMILES string of the molecule is Cc1nc(N[C@H](C)c2cccc(Br)c2)c2cc(Oc3cccc(O)c3)ncc2n1. The Morgan fingerprint density at radius 1 is 1.07 bits per heavy atom. The molecule has 0 unspecified atom stereocenters. The molecule has 0 amide bonds. The van der Waals surface area contributed by atoms with Gasteiger partial charge in [-0.1, -0.05) is 34.1 Å². The van der Waals surface area contributed by atoms with Crippen LogP contribution in [0.4, 0.5) is 5.82 Å². The minimum absolute atomic E-state index is 0.0357. The van der Waals surface area contributed by atoms with Crippen molar-refractivity contribution < 1.29 is 9.84 Å². The predicted molar refractivity (Wildman–Crippen MR) is 116 cm³/mol. The quantitative estimate of drug-likeness (QED) is 0.401. The molecule has 1 atom stereocenters. The van der Waals surface area contributed by atoms with Crippen LogP contribution < -0.4 is 10.1 Å². The van der Waals surface area contributed by atoms with Crippen LogP contribution in [-0.4, -0.2) is 20.1 Å². The number of benzene rings is 2. The highest BCUT2D eigenvalue weighted by Crippen LogP contribution is 2.30. The number of anilines is 1. The monoisotopic (exact) mass is 450 g/mol. The molecule has 0 aliphatic heterocycles. The summed E-state index contributed by atoms with van der Waals surface area (Å²) in [6, 6.07) is 16.6. The van der Waals surface area contributed by atoms with Crippen molar-refractivity contribution in [2.75, 3.05) is 5.32 Å². The van der Waals surface area contributed by atoms with Gasteiger partial charge in [-0.2, -0.15) is 0 Å². The lowest BCUT2D eigenvalue weighted by Gasteiger charge is -2.17. The fourth-order valence-electron chi connectivity index (χ4n) is 3.03. The molecule has 2 aromatic heterocycles. The van der Waals surface area contributed by atoms with Crippen LogP contribution in [0, 0.1) is 6.92 Å². The zero-order valence-electron chi connectivity index (χ0n) is 15.9. The van der Waals surface area contributed by atoms with Gasteiger partial charge >= 0.3 is 0 Å². The second-order valence-electron chi connectivity index (χ2n) is 6.68. The van der Waals surface area contributed by atoms with Crippen LogP contribution in [0.25, 0.3) is 10.9 Å². The first kappa shape index (κ1) is 19.1. The highest BCUT2D eigenvalue weighted by Gasteiger charge is 2.13. The van der Waals surface area contributed by atoms with Crippen molar-refractivity contribution in [3.05, 3.63) is 76.7 Å². The van der Waals surface area contributed by atoms with Crippen LogP contribution in [0.1, 0.15) is 24.4 Å². The van der Waals surface area contributed by atoms with E-state index in [1.807, 2.05) is 19.1 Å². The maximum absolute atomic E-state index is 9.63. The van der Waals surface area contributed by atoms with Gasteiger partial charge in [-0.15, -0.1) is 0 Å². The van der Waals surface area contributed by atoms with Gasteiger partial charge in [0.1, 0.15) is 23.1 Å². The summed E-state index contributed by atoms with van der Waals surface area (Å²) in [6.07, 6.45) is 1.66. The molecule has 0 aliphatic rings. The summed E-state index contributed by atoms with van der Waals surface area (Å²) in [5.74, 6) is 2.40. The number of nitrogens with one attached hydrogen (secondary N) is 1. The Labute approximate surface area is 176 Å². The highest BCUT2D eigenvalue weighted by molar-refractivity contribution is 9.10. The Hall–Kier alpha value is -3.19.